The van der Waals surface area contributed by atoms with Crippen LogP contribution in [-0.4, -0.2) is 24.6 Å². The number of amides is 2. The van der Waals surface area contributed by atoms with Gasteiger partial charge < -0.3 is 15.0 Å². The number of rotatable bonds is 6. The third-order valence-corrected chi connectivity index (χ3v) is 4.35. The Morgan fingerprint density at radius 1 is 1.20 bits per heavy atom. The summed E-state index contributed by atoms with van der Waals surface area (Å²) in [5.41, 5.74) is 1.80. The number of halogens is 3. The van der Waals surface area contributed by atoms with E-state index in [2.05, 4.69) is 26.0 Å². The summed E-state index contributed by atoms with van der Waals surface area (Å²) in [5, 5.41) is 2.93. The summed E-state index contributed by atoms with van der Waals surface area (Å²) in [6.07, 6.45) is 0. The van der Waals surface area contributed by atoms with Crippen LogP contribution in [0.5, 0.6) is 5.75 Å². The Morgan fingerprint density at radius 2 is 1.84 bits per heavy atom. The van der Waals surface area contributed by atoms with Crippen molar-refractivity contribution in [2.24, 2.45) is 0 Å². The molecule has 2 amide bonds. The lowest BCUT2D eigenvalue weighted by Crippen LogP contribution is -2.38. The first-order valence-corrected chi connectivity index (χ1v) is 8.46. The number of benzene rings is 2. The van der Waals surface area contributed by atoms with Gasteiger partial charge in [-0.2, -0.15) is 8.78 Å². The summed E-state index contributed by atoms with van der Waals surface area (Å²) in [4.78, 5) is 13.9. The van der Waals surface area contributed by atoms with Gasteiger partial charge in [0.15, 0.2) is 0 Å². The smallest absolute Gasteiger partial charge is 0.387 e. The largest absolute Gasteiger partial charge is 0.435 e. The van der Waals surface area contributed by atoms with Crippen molar-refractivity contribution in [2.45, 2.75) is 26.1 Å². The predicted octanol–water partition coefficient (Wildman–Crippen LogP) is 4.95. The second kappa shape index (κ2) is 8.80. The zero-order chi connectivity index (χ0) is 18.4. The maximum absolute atomic E-state index is 12.3. The molecule has 2 rings (SSSR count). The quantitative estimate of drug-likeness (QED) is 0.728. The molecule has 0 aliphatic carbocycles. The number of hydrogen-bond acceptors (Lipinski definition) is 2. The molecular formula is C18H19BrF2N2O2. The summed E-state index contributed by atoms with van der Waals surface area (Å²) in [7, 11) is 1.67. The Bertz CT molecular complexity index is 710. The summed E-state index contributed by atoms with van der Waals surface area (Å²) >= 11 is 3.47. The Morgan fingerprint density at radius 3 is 2.44 bits per heavy atom. The molecule has 134 valence electrons. The fraction of sp³-hybridized carbons (Fsp3) is 0.278. The molecule has 0 aliphatic rings. The highest BCUT2D eigenvalue weighted by molar-refractivity contribution is 9.10. The first-order chi connectivity index (χ1) is 11.9. The average Bonchev–Trinajstić information content (AvgIpc) is 2.56. The molecule has 0 aliphatic heterocycles. The van der Waals surface area contributed by atoms with E-state index < -0.39 is 6.61 Å². The Kier molecular flexibility index (Phi) is 6.75. The van der Waals surface area contributed by atoms with E-state index in [9.17, 15) is 13.6 Å². The third kappa shape index (κ3) is 5.70. The van der Waals surface area contributed by atoms with Crippen LogP contribution in [0.15, 0.2) is 53.0 Å². The first-order valence-electron chi connectivity index (χ1n) is 7.66. The number of ether oxygens (including phenoxy) is 1. The van der Waals surface area contributed by atoms with Crippen molar-refractivity contribution in [2.75, 3.05) is 7.05 Å². The van der Waals surface area contributed by atoms with Crippen LogP contribution in [0.3, 0.4) is 0 Å². The molecule has 0 saturated carbocycles. The second-order valence-corrected chi connectivity index (χ2v) is 6.43. The van der Waals surface area contributed by atoms with Crippen LogP contribution in [0.25, 0.3) is 0 Å². The van der Waals surface area contributed by atoms with Crippen molar-refractivity contribution < 1.29 is 18.3 Å². The van der Waals surface area contributed by atoms with Crippen molar-refractivity contribution in [3.05, 3.63) is 64.1 Å². The molecule has 0 radical (unpaired) electrons. The second-order valence-electron chi connectivity index (χ2n) is 5.57. The van der Waals surface area contributed by atoms with Crippen molar-refractivity contribution in [1.29, 1.82) is 0 Å². The van der Waals surface area contributed by atoms with Gasteiger partial charge in [-0.1, -0.05) is 46.3 Å². The molecule has 0 saturated heterocycles. The summed E-state index contributed by atoms with van der Waals surface area (Å²) in [6, 6.07) is 13.5. The van der Waals surface area contributed by atoms with Gasteiger partial charge in [-0.3, -0.25) is 0 Å². The summed E-state index contributed by atoms with van der Waals surface area (Å²) in [5.74, 6) is 0.0911. The molecule has 25 heavy (non-hydrogen) atoms. The first kappa shape index (κ1) is 19.2. The standard InChI is InChI=1S/C18H19BrF2N2O2/c1-12(15-5-3-4-6-16(15)19)22-18(24)23(2)11-13-7-9-14(10-8-13)25-17(20)21/h3-10,12,17H,11H2,1-2H3,(H,22,24). The van der Waals surface area contributed by atoms with Crippen LogP contribution >= 0.6 is 15.9 Å². The number of carbonyl (C=O) groups is 1. The van der Waals surface area contributed by atoms with Gasteiger partial charge in [-0.05, 0) is 36.2 Å². The summed E-state index contributed by atoms with van der Waals surface area (Å²) < 4.78 is 29.5. The Hall–Kier alpha value is -2.15. The van der Waals surface area contributed by atoms with Gasteiger partial charge in [-0.25, -0.2) is 4.79 Å². The monoisotopic (exact) mass is 412 g/mol. The molecule has 4 nitrogen and oxygen atoms in total. The van der Waals surface area contributed by atoms with Crippen LogP contribution < -0.4 is 10.1 Å². The van der Waals surface area contributed by atoms with Crippen LogP contribution in [0.1, 0.15) is 24.1 Å². The molecule has 1 N–H and O–H groups in total. The molecule has 2 aromatic carbocycles. The topological polar surface area (TPSA) is 41.6 Å². The Balaban J connectivity index is 1.92. The third-order valence-electron chi connectivity index (χ3n) is 3.63. The number of nitrogens with one attached hydrogen (secondary N) is 1. The number of urea groups is 1. The van der Waals surface area contributed by atoms with E-state index in [-0.39, 0.29) is 17.8 Å². The van der Waals surface area contributed by atoms with E-state index in [1.165, 1.54) is 17.0 Å². The minimum atomic E-state index is -2.85. The Labute approximate surface area is 153 Å². The highest BCUT2D eigenvalue weighted by atomic mass is 79.9. The van der Waals surface area contributed by atoms with E-state index in [1.54, 1.807) is 19.2 Å². The highest BCUT2D eigenvalue weighted by Crippen LogP contribution is 2.23. The zero-order valence-electron chi connectivity index (χ0n) is 13.9. The minimum absolute atomic E-state index is 0.0911. The van der Waals surface area contributed by atoms with E-state index in [1.807, 2.05) is 31.2 Å². The van der Waals surface area contributed by atoms with Gasteiger partial charge in [0, 0.05) is 18.1 Å². The average molecular weight is 413 g/mol. The van der Waals surface area contributed by atoms with Gasteiger partial charge in [-0.15, -0.1) is 0 Å². The SMILES string of the molecule is CC(NC(=O)N(C)Cc1ccc(OC(F)F)cc1)c1ccccc1Br. The van der Waals surface area contributed by atoms with Crippen molar-refractivity contribution in [3.63, 3.8) is 0 Å². The molecule has 0 spiro atoms. The van der Waals surface area contributed by atoms with E-state index in [0.29, 0.717) is 6.54 Å². The maximum atomic E-state index is 12.3. The van der Waals surface area contributed by atoms with Crippen LogP contribution in [-0.2, 0) is 6.54 Å². The van der Waals surface area contributed by atoms with Gasteiger partial charge in [0.1, 0.15) is 5.75 Å². The number of alkyl halides is 2. The lowest BCUT2D eigenvalue weighted by atomic mass is 10.1. The molecule has 1 unspecified atom stereocenters. The van der Waals surface area contributed by atoms with Crippen molar-refractivity contribution >= 4 is 22.0 Å². The van der Waals surface area contributed by atoms with Gasteiger partial charge in [0.25, 0.3) is 0 Å². The lowest BCUT2D eigenvalue weighted by Gasteiger charge is -2.22. The normalized spacial score (nSPS) is 11.9. The molecule has 0 aromatic heterocycles. The van der Waals surface area contributed by atoms with Gasteiger partial charge in [0.05, 0.1) is 6.04 Å². The highest BCUT2D eigenvalue weighted by Gasteiger charge is 2.15. The number of carbonyl (C=O) groups excluding carboxylic acids is 1. The maximum Gasteiger partial charge on any atom is 0.387 e. The molecule has 1 atom stereocenters. The summed E-state index contributed by atoms with van der Waals surface area (Å²) in [6.45, 7) is -0.593. The van der Waals surface area contributed by atoms with Crippen LogP contribution in [0, 0.1) is 0 Å². The number of nitrogens with zero attached hydrogens (tertiary/aromatic N) is 1. The van der Waals surface area contributed by atoms with E-state index in [4.69, 9.17) is 0 Å². The van der Waals surface area contributed by atoms with Crippen molar-refractivity contribution in [1.82, 2.24) is 10.2 Å². The molecule has 0 fully saturated rings. The molecular weight excluding hydrogens is 394 g/mol. The van der Waals surface area contributed by atoms with Crippen molar-refractivity contribution in [3.8, 4) is 5.75 Å². The minimum Gasteiger partial charge on any atom is -0.435 e. The lowest BCUT2D eigenvalue weighted by molar-refractivity contribution is -0.0498. The van der Waals surface area contributed by atoms with Gasteiger partial charge in [0.2, 0.25) is 0 Å². The molecule has 0 heterocycles. The van der Waals surface area contributed by atoms with E-state index in [0.717, 1.165) is 15.6 Å². The van der Waals surface area contributed by atoms with E-state index >= 15 is 0 Å². The molecule has 7 heteroatoms. The van der Waals surface area contributed by atoms with Crippen LogP contribution in [0.2, 0.25) is 0 Å². The molecule has 2 aromatic rings. The number of hydrogen-bond donors (Lipinski definition) is 1. The molecule has 0 bridgehead atoms. The fourth-order valence-electron chi connectivity index (χ4n) is 2.32. The van der Waals surface area contributed by atoms with Gasteiger partial charge >= 0.3 is 12.6 Å². The fourth-order valence-corrected chi connectivity index (χ4v) is 2.95. The predicted molar refractivity (Wildman–Crippen MR) is 95.6 cm³/mol. The van der Waals surface area contributed by atoms with Crippen LogP contribution in [0.4, 0.5) is 13.6 Å². The zero-order valence-corrected chi connectivity index (χ0v) is 15.5.